The molecule has 0 saturated carbocycles. The summed E-state index contributed by atoms with van der Waals surface area (Å²) >= 11 is 0. The number of amides is 2. The number of likely N-dealkylation sites (N-methyl/N-ethyl adjacent to an activating group) is 1. The maximum atomic E-state index is 12.9. The number of rotatable bonds is 9. The fraction of sp³-hybridized carbons (Fsp3) is 0.250. The summed E-state index contributed by atoms with van der Waals surface area (Å²) in [6.45, 7) is -1.19. The van der Waals surface area contributed by atoms with Gasteiger partial charge in [-0.05, 0) is 36.4 Å². The number of nitrogens with zero attached hydrogens (tertiary/aromatic N) is 1. The minimum Gasteiger partial charge on any atom is -0.493 e. The molecule has 9 heteroatoms. The molecule has 0 bridgehead atoms. The Morgan fingerprint density at radius 2 is 1.66 bits per heavy atom. The van der Waals surface area contributed by atoms with Crippen LogP contribution in [0.4, 0.5) is 10.1 Å². The van der Waals surface area contributed by atoms with Crippen LogP contribution < -0.4 is 14.8 Å². The topological polar surface area (TPSA) is 94.2 Å². The molecule has 0 radical (unpaired) electrons. The number of para-hydroxylation sites is 2. The number of hydrogen-bond donors (Lipinski definition) is 1. The average Bonchev–Trinajstić information content (AvgIpc) is 2.72. The van der Waals surface area contributed by atoms with Crippen LogP contribution in [-0.4, -0.2) is 56.6 Å². The van der Waals surface area contributed by atoms with E-state index >= 15 is 0 Å². The number of nitrogens with one attached hydrogen (secondary N) is 1. The first-order valence-electron chi connectivity index (χ1n) is 8.60. The van der Waals surface area contributed by atoms with Crippen molar-refractivity contribution in [2.24, 2.45) is 0 Å². The first-order valence-corrected chi connectivity index (χ1v) is 8.60. The van der Waals surface area contributed by atoms with Gasteiger partial charge in [-0.15, -0.1) is 0 Å². The average molecular weight is 404 g/mol. The molecule has 0 spiro atoms. The van der Waals surface area contributed by atoms with Crippen molar-refractivity contribution in [3.05, 3.63) is 54.3 Å². The standard InChI is InChI=1S/C20H21FN2O6/c1-23(11-18(24)22-15-9-7-14(21)8-10-15)19(25)12-29-20(26)13-28-17-6-4-3-5-16(17)27-2/h3-10H,11-13H2,1-2H3,(H,22,24). The van der Waals surface area contributed by atoms with E-state index in [0.29, 0.717) is 17.2 Å². The summed E-state index contributed by atoms with van der Waals surface area (Å²) < 4.78 is 28.1. The Balaban J connectivity index is 1.72. The van der Waals surface area contributed by atoms with E-state index in [2.05, 4.69) is 5.32 Å². The Labute approximate surface area is 167 Å². The zero-order valence-electron chi connectivity index (χ0n) is 16.0. The number of carbonyl (C=O) groups is 3. The minimum atomic E-state index is -0.742. The lowest BCUT2D eigenvalue weighted by Gasteiger charge is -2.17. The fourth-order valence-corrected chi connectivity index (χ4v) is 2.21. The van der Waals surface area contributed by atoms with E-state index in [1.165, 1.54) is 38.4 Å². The molecule has 0 fully saturated rings. The molecule has 1 N–H and O–H groups in total. The van der Waals surface area contributed by atoms with Crippen LogP contribution in [0.25, 0.3) is 0 Å². The molecule has 0 aromatic heterocycles. The summed E-state index contributed by atoms with van der Waals surface area (Å²) in [6, 6.07) is 12.0. The van der Waals surface area contributed by atoms with Gasteiger partial charge in [0.15, 0.2) is 24.7 Å². The van der Waals surface area contributed by atoms with Crippen molar-refractivity contribution in [1.29, 1.82) is 0 Å². The van der Waals surface area contributed by atoms with Crippen molar-refractivity contribution in [1.82, 2.24) is 4.90 Å². The third kappa shape index (κ3) is 7.13. The van der Waals surface area contributed by atoms with E-state index < -0.39 is 36.8 Å². The van der Waals surface area contributed by atoms with Gasteiger partial charge < -0.3 is 24.4 Å². The zero-order valence-corrected chi connectivity index (χ0v) is 16.0. The van der Waals surface area contributed by atoms with Crippen molar-refractivity contribution >= 4 is 23.5 Å². The van der Waals surface area contributed by atoms with Gasteiger partial charge in [0.25, 0.3) is 5.91 Å². The van der Waals surface area contributed by atoms with E-state index in [1.54, 1.807) is 24.3 Å². The Hall–Kier alpha value is -3.62. The molecule has 8 nitrogen and oxygen atoms in total. The first-order chi connectivity index (χ1) is 13.9. The summed E-state index contributed by atoms with van der Waals surface area (Å²) in [5.41, 5.74) is 0.400. The predicted molar refractivity (Wildman–Crippen MR) is 102 cm³/mol. The van der Waals surface area contributed by atoms with Crippen molar-refractivity contribution in [2.45, 2.75) is 0 Å². The molecule has 0 heterocycles. The summed E-state index contributed by atoms with van der Waals surface area (Å²) in [6.07, 6.45) is 0. The van der Waals surface area contributed by atoms with Crippen LogP contribution in [0.3, 0.4) is 0 Å². The highest BCUT2D eigenvalue weighted by molar-refractivity contribution is 5.94. The summed E-state index contributed by atoms with van der Waals surface area (Å²) in [5, 5.41) is 2.53. The van der Waals surface area contributed by atoms with Crippen LogP contribution in [0.15, 0.2) is 48.5 Å². The zero-order chi connectivity index (χ0) is 21.2. The van der Waals surface area contributed by atoms with Crippen LogP contribution in [0.2, 0.25) is 0 Å². The molecule has 29 heavy (non-hydrogen) atoms. The van der Waals surface area contributed by atoms with Gasteiger partial charge in [-0.3, -0.25) is 9.59 Å². The Kier molecular flexibility index (Phi) is 7.96. The molecule has 2 amide bonds. The first kappa shape index (κ1) is 21.7. The second kappa shape index (κ2) is 10.6. The second-order valence-electron chi connectivity index (χ2n) is 5.91. The molecule has 0 aliphatic rings. The second-order valence-corrected chi connectivity index (χ2v) is 5.91. The Bertz CT molecular complexity index is 856. The SMILES string of the molecule is COc1ccccc1OCC(=O)OCC(=O)N(C)CC(=O)Nc1ccc(F)cc1. The number of hydrogen-bond acceptors (Lipinski definition) is 6. The highest BCUT2D eigenvalue weighted by Gasteiger charge is 2.16. The smallest absolute Gasteiger partial charge is 0.344 e. The summed E-state index contributed by atoms with van der Waals surface area (Å²) in [4.78, 5) is 36.8. The molecule has 2 aromatic rings. The number of esters is 1. The molecule has 0 unspecified atom stereocenters. The predicted octanol–water partition coefficient (Wildman–Crippen LogP) is 1.85. The highest BCUT2D eigenvalue weighted by Crippen LogP contribution is 2.25. The van der Waals surface area contributed by atoms with Crippen LogP contribution in [0.1, 0.15) is 0 Å². The summed E-state index contributed by atoms with van der Waals surface area (Å²) in [5.74, 6) is -1.38. The molecular weight excluding hydrogens is 383 g/mol. The lowest BCUT2D eigenvalue weighted by Crippen LogP contribution is -2.37. The van der Waals surface area contributed by atoms with Crippen molar-refractivity contribution in [3.63, 3.8) is 0 Å². The van der Waals surface area contributed by atoms with Crippen LogP contribution >= 0.6 is 0 Å². The van der Waals surface area contributed by atoms with E-state index in [1.807, 2.05) is 0 Å². The Morgan fingerprint density at radius 3 is 2.31 bits per heavy atom. The third-order valence-corrected chi connectivity index (χ3v) is 3.71. The van der Waals surface area contributed by atoms with Gasteiger partial charge in [0.1, 0.15) is 5.82 Å². The van der Waals surface area contributed by atoms with Crippen molar-refractivity contribution < 1.29 is 33.0 Å². The van der Waals surface area contributed by atoms with Crippen LogP contribution in [0.5, 0.6) is 11.5 Å². The fourth-order valence-electron chi connectivity index (χ4n) is 2.21. The van der Waals surface area contributed by atoms with E-state index in [-0.39, 0.29) is 6.54 Å². The highest BCUT2D eigenvalue weighted by atomic mass is 19.1. The quantitative estimate of drug-likeness (QED) is 0.641. The number of benzene rings is 2. The van der Waals surface area contributed by atoms with Gasteiger partial charge in [-0.25, -0.2) is 9.18 Å². The largest absolute Gasteiger partial charge is 0.493 e. The van der Waals surface area contributed by atoms with Gasteiger partial charge in [0, 0.05) is 12.7 Å². The molecule has 0 atom stereocenters. The molecule has 154 valence electrons. The maximum absolute atomic E-state index is 12.9. The van der Waals surface area contributed by atoms with Crippen molar-refractivity contribution in [2.75, 3.05) is 39.2 Å². The lowest BCUT2D eigenvalue weighted by atomic mass is 10.3. The van der Waals surface area contributed by atoms with Crippen molar-refractivity contribution in [3.8, 4) is 11.5 Å². The maximum Gasteiger partial charge on any atom is 0.344 e. The van der Waals surface area contributed by atoms with Gasteiger partial charge in [-0.1, -0.05) is 12.1 Å². The van der Waals surface area contributed by atoms with Crippen LogP contribution in [0, 0.1) is 5.82 Å². The molecule has 2 aromatic carbocycles. The molecular formula is C20H21FN2O6. The van der Waals surface area contributed by atoms with Gasteiger partial charge in [-0.2, -0.15) is 0 Å². The number of halogens is 1. The molecule has 0 saturated heterocycles. The monoisotopic (exact) mass is 404 g/mol. The van der Waals surface area contributed by atoms with Gasteiger partial charge in [0.2, 0.25) is 5.91 Å². The van der Waals surface area contributed by atoms with Gasteiger partial charge >= 0.3 is 5.97 Å². The molecule has 0 aliphatic carbocycles. The lowest BCUT2D eigenvalue weighted by molar-refractivity contribution is -0.153. The normalized spacial score (nSPS) is 10.0. The van der Waals surface area contributed by atoms with Gasteiger partial charge in [0.05, 0.1) is 13.7 Å². The third-order valence-electron chi connectivity index (χ3n) is 3.71. The molecule has 0 aliphatic heterocycles. The Morgan fingerprint density at radius 1 is 1.00 bits per heavy atom. The van der Waals surface area contributed by atoms with E-state index in [0.717, 1.165) is 4.90 Å². The minimum absolute atomic E-state index is 0.258. The number of methoxy groups -OCH3 is 1. The summed E-state index contributed by atoms with van der Waals surface area (Å²) in [7, 11) is 2.87. The van der Waals surface area contributed by atoms with E-state index in [9.17, 15) is 18.8 Å². The number of carbonyl (C=O) groups excluding carboxylic acids is 3. The number of ether oxygens (including phenoxy) is 3. The number of anilines is 1. The van der Waals surface area contributed by atoms with Crippen LogP contribution in [-0.2, 0) is 19.1 Å². The van der Waals surface area contributed by atoms with E-state index in [4.69, 9.17) is 14.2 Å². The molecule has 2 rings (SSSR count).